The summed E-state index contributed by atoms with van der Waals surface area (Å²) in [5.41, 5.74) is 1.10. The number of hydrogen-bond donors (Lipinski definition) is 1. The van der Waals surface area contributed by atoms with Gasteiger partial charge in [-0.1, -0.05) is 17.7 Å². The predicted molar refractivity (Wildman–Crippen MR) is 108 cm³/mol. The Morgan fingerprint density at radius 2 is 1.96 bits per heavy atom. The Morgan fingerprint density at radius 1 is 1.18 bits per heavy atom. The van der Waals surface area contributed by atoms with E-state index in [1.165, 1.54) is 4.90 Å². The van der Waals surface area contributed by atoms with Crippen molar-refractivity contribution in [2.45, 2.75) is 6.54 Å². The van der Waals surface area contributed by atoms with Crippen molar-refractivity contribution in [1.29, 1.82) is 0 Å². The number of nitrogens with zero attached hydrogens (tertiary/aromatic N) is 3. The van der Waals surface area contributed by atoms with Crippen LogP contribution in [0.4, 0.5) is 5.69 Å². The minimum atomic E-state index is -0.210. The van der Waals surface area contributed by atoms with Crippen molar-refractivity contribution in [3.8, 4) is 0 Å². The van der Waals surface area contributed by atoms with Crippen LogP contribution in [-0.2, 0) is 16.1 Å². The molecule has 0 atom stereocenters. The standard InChI is InChI=1S/C20H25ClN4O3/c1-23(14-19(26)22-13-18-6-3-11-28-18)20(27)15-24-7-9-25(10-8-24)17-5-2-4-16(21)12-17/h2-6,11-12H,7-10,13-15H2,1H3,(H,22,26). The first-order valence-electron chi connectivity index (χ1n) is 9.27. The van der Waals surface area contributed by atoms with Crippen molar-refractivity contribution in [2.75, 3.05) is 51.2 Å². The number of furan rings is 1. The molecule has 1 aliphatic heterocycles. The molecule has 150 valence electrons. The Hall–Kier alpha value is -2.51. The molecule has 1 fully saturated rings. The molecule has 7 nitrogen and oxygen atoms in total. The fourth-order valence-corrected chi connectivity index (χ4v) is 3.29. The SMILES string of the molecule is CN(CC(=O)NCc1ccco1)C(=O)CN1CCN(c2cccc(Cl)c2)CC1. The third-order valence-electron chi connectivity index (χ3n) is 4.75. The van der Waals surface area contributed by atoms with Gasteiger partial charge in [-0.15, -0.1) is 0 Å². The lowest BCUT2D eigenvalue weighted by Crippen LogP contribution is -2.50. The highest BCUT2D eigenvalue weighted by Gasteiger charge is 2.21. The van der Waals surface area contributed by atoms with Gasteiger partial charge in [-0.2, -0.15) is 0 Å². The van der Waals surface area contributed by atoms with Gasteiger partial charge >= 0.3 is 0 Å². The smallest absolute Gasteiger partial charge is 0.239 e. The quantitative estimate of drug-likeness (QED) is 0.762. The highest BCUT2D eigenvalue weighted by Crippen LogP contribution is 2.20. The molecule has 0 saturated carbocycles. The van der Waals surface area contributed by atoms with Crippen LogP contribution in [0.15, 0.2) is 47.1 Å². The van der Waals surface area contributed by atoms with E-state index in [-0.39, 0.29) is 18.4 Å². The third kappa shape index (κ3) is 5.74. The zero-order valence-corrected chi connectivity index (χ0v) is 16.7. The van der Waals surface area contributed by atoms with Gasteiger partial charge in [-0.05, 0) is 30.3 Å². The van der Waals surface area contributed by atoms with Gasteiger partial charge < -0.3 is 19.5 Å². The number of anilines is 1. The summed E-state index contributed by atoms with van der Waals surface area (Å²) < 4.78 is 5.17. The number of piperazine rings is 1. The lowest BCUT2D eigenvalue weighted by Gasteiger charge is -2.36. The molecular weight excluding hydrogens is 380 g/mol. The molecule has 1 aromatic heterocycles. The molecule has 0 unspecified atom stereocenters. The Kier molecular flexibility index (Phi) is 6.95. The van der Waals surface area contributed by atoms with Crippen LogP contribution in [0.3, 0.4) is 0 Å². The van der Waals surface area contributed by atoms with Crippen LogP contribution in [0.1, 0.15) is 5.76 Å². The van der Waals surface area contributed by atoms with Crippen molar-refractivity contribution >= 4 is 29.1 Å². The normalized spacial score (nSPS) is 14.7. The van der Waals surface area contributed by atoms with Crippen LogP contribution in [0, 0.1) is 0 Å². The van der Waals surface area contributed by atoms with E-state index in [0.29, 0.717) is 18.8 Å². The van der Waals surface area contributed by atoms with E-state index in [1.807, 2.05) is 24.3 Å². The average molecular weight is 405 g/mol. The molecule has 1 aromatic carbocycles. The second kappa shape index (κ2) is 9.61. The van der Waals surface area contributed by atoms with Crippen LogP contribution in [0.25, 0.3) is 0 Å². The van der Waals surface area contributed by atoms with E-state index in [4.69, 9.17) is 16.0 Å². The number of carbonyl (C=O) groups excluding carboxylic acids is 2. The van der Waals surface area contributed by atoms with Crippen LogP contribution >= 0.6 is 11.6 Å². The lowest BCUT2D eigenvalue weighted by molar-refractivity contribution is -0.135. The van der Waals surface area contributed by atoms with Crippen molar-refractivity contribution in [3.63, 3.8) is 0 Å². The molecule has 2 heterocycles. The summed E-state index contributed by atoms with van der Waals surface area (Å²) in [4.78, 5) is 30.3. The fourth-order valence-electron chi connectivity index (χ4n) is 3.11. The maximum atomic E-state index is 12.4. The third-order valence-corrected chi connectivity index (χ3v) is 4.99. The highest BCUT2D eigenvalue weighted by atomic mass is 35.5. The van der Waals surface area contributed by atoms with Gasteiger partial charge in [0, 0.05) is 43.9 Å². The maximum Gasteiger partial charge on any atom is 0.239 e. The first-order chi connectivity index (χ1) is 13.5. The van der Waals surface area contributed by atoms with Crippen molar-refractivity contribution in [2.24, 2.45) is 0 Å². The van der Waals surface area contributed by atoms with Gasteiger partial charge in [0.1, 0.15) is 5.76 Å². The Bertz CT molecular complexity index is 789. The van der Waals surface area contributed by atoms with Gasteiger partial charge in [0.05, 0.1) is 25.9 Å². The Labute approximate surface area is 169 Å². The molecular formula is C20H25ClN4O3. The summed E-state index contributed by atoms with van der Waals surface area (Å²) >= 11 is 6.06. The van der Waals surface area contributed by atoms with Crippen molar-refractivity contribution < 1.29 is 14.0 Å². The molecule has 0 spiro atoms. The van der Waals surface area contributed by atoms with E-state index < -0.39 is 0 Å². The molecule has 2 amide bonds. The van der Waals surface area contributed by atoms with Crippen LogP contribution in [0.5, 0.6) is 0 Å². The lowest BCUT2D eigenvalue weighted by atomic mass is 10.2. The predicted octanol–water partition coefficient (Wildman–Crippen LogP) is 1.83. The highest BCUT2D eigenvalue weighted by molar-refractivity contribution is 6.30. The molecule has 2 aromatic rings. The van der Waals surface area contributed by atoms with E-state index in [2.05, 4.69) is 15.1 Å². The molecule has 8 heteroatoms. The number of hydrogen-bond acceptors (Lipinski definition) is 5. The summed E-state index contributed by atoms with van der Waals surface area (Å²) in [6.45, 7) is 3.90. The zero-order valence-electron chi connectivity index (χ0n) is 15.9. The van der Waals surface area contributed by atoms with Gasteiger partial charge in [-0.25, -0.2) is 0 Å². The van der Waals surface area contributed by atoms with Crippen LogP contribution in [0.2, 0.25) is 5.02 Å². The Balaban J connectivity index is 1.39. The molecule has 1 aliphatic rings. The summed E-state index contributed by atoms with van der Waals surface area (Å²) in [6.07, 6.45) is 1.56. The number of carbonyl (C=O) groups is 2. The minimum absolute atomic E-state index is 0.0298. The molecule has 0 radical (unpaired) electrons. The molecule has 3 rings (SSSR count). The summed E-state index contributed by atoms with van der Waals surface area (Å²) in [5.74, 6) is 0.405. The largest absolute Gasteiger partial charge is 0.467 e. The van der Waals surface area contributed by atoms with E-state index in [0.717, 1.165) is 36.9 Å². The zero-order chi connectivity index (χ0) is 19.9. The molecule has 0 bridgehead atoms. The van der Waals surface area contributed by atoms with Crippen LogP contribution in [-0.4, -0.2) is 67.9 Å². The van der Waals surface area contributed by atoms with Crippen molar-refractivity contribution in [3.05, 3.63) is 53.4 Å². The monoisotopic (exact) mass is 404 g/mol. The minimum Gasteiger partial charge on any atom is -0.467 e. The molecule has 1 N–H and O–H groups in total. The number of nitrogens with one attached hydrogen (secondary N) is 1. The fraction of sp³-hybridized carbons (Fsp3) is 0.400. The number of halogens is 1. The van der Waals surface area contributed by atoms with Gasteiger partial charge in [0.15, 0.2) is 0 Å². The topological polar surface area (TPSA) is 69.0 Å². The van der Waals surface area contributed by atoms with Crippen molar-refractivity contribution in [1.82, 2.24) is 15.1 Å². The molecule has 0 aliphatic carbocycles. The second-order valence-electron chi connectivity index (χ2n) is 6.85. The second-order valence-corrected chi connectivity index (χ2v) is 7.29. The average Bonchev–Trinajstić information content (AvgIpc) is 3.20. The first kappa shape index (κ1) is 20.2. The first-order valence-corrected chi connectivity index (χ1v) is 9.65. The van der Waals surface area contributed by atoms with Gasteiger partial charge in [0.25, 0.3) is 0 Å². The van der Waals surface area contributed by atoms with E-state index in [1.54, 1.807) is 25.4 Å². The maximum absolute atomic E-state index is 12.4. The summed E-state index contributed by atoms with van der Waals surface area (Å²) in [5, 5.41) is 3.47. The molecule has 1 saturated heterocycles. The number of benzene rings is 1. The number of rotatable bonds is 7. The summed E-state index contributed by atoms with van der Waals surface area (Å²) in [6, 6.07) is 11.4. The molecule has 28 heavy (non-hydrogen) atoms. The van der Waals surface area contributed by atoms with E-state index >= 15 is 0 Å². The van der Waals surface area contributed by atoms with Gasteiger partial charge in [-0.3, -0.25) is 14.5 Å². The summed E-state index contributed by atoms with van der Waals surface area (Å²) in [7, 11) is 1.65. The van der Waals surface area contributed by atoms with E-state index in [9.17, 15) is 9.59 Å². The number of amides is 2. The Morgan fingerprint density at radius 3 is 2.64 bits per heavy atom. The number of likely N-dealkylation sites (N-methyl/N-ethyl adjacent to an activating group) is 1. The van der Waals surface area contributed by atoms with Gasteiger partial charge in [0.2, 0.25) is 11.8 Å². The van der Waals surface area contributed by atoms with Crippen LogP contribution < -0.4 is 10.2 Å².